The molecule has 0 aromatic rings. The second-order valence-corrected chi connectivity index (χ2v) is 3.37. The minimum atomic E-state index is -0.738. The van der Waals surface area contributed by atoms with Gasteiger partial charge < -0.3 is 20.3 Å². The van der Waals surface area contributed by atoms with E-state index in [-0.39, 0.29) is 13.2 Å². The highest BCUT2D eigenvalue weighted by atomic mass is 16.5. The molecule has 13 heavy (non-hydrogen) atoms. The maximum Gasteiger partial charge on any atom is 0.100 e. The number of ether oxygens (including phenoxy) is 1. The van der Waals surface area contributed by atoms with Crippen molar-refractivity contribution in [1.29, 1.82) is 0 Å². The van der Waals surface area contributed by atoms with Crippen LogP contribution >= 0.6 is 0 Å². The fourth-order valence-electron chi connectivity index (χ4n) is 0.837. The van der Waals surface area contributed by atoms with Gasteiger partial charge in [0.1, 0.15) is 6.10 Å². The van der Waals surface area contributed by atoms with E-state index >= 15 is 0 Å². The van der Waals surface area contributed by atoms with Crippen molar-refractivity contribution in [3.63, 3.8) is 0 Å². The van der Waals surface area contributed by atoms with Gasteiger partial charge in [-0.25, -0.2) is 0 Å². The lowest BCUT2D eigenvalue weighted by molar-refractivity contribution is 0.00570. The van der Waals surface area contributed by atoms with E-state index < -0.39 is 6.10 Å². The maximum absolute atomic E-state index is 8.91. The Balaban J connectivity index is 2.99. The Kier molecular flexibility index (Phi) is 8.33. The van der Waals surface area contributed by atoms with Gasteiger partial charge in [-0.15, -0.1) is 0 Å². The van der Waals surface area contributed by atoms with Crippen LogP contribution in [0.25, 0.3) is 0 Å². The minimum Gasteiger partial charge on any atom is -0.394 e. The van der Waals surface area contributed by atoms with E-state index in [2.05, 4.69) is 19.2 Å². The quantitative estimate of drug-likeness (QED) is 0.463. The summed E-state index contributed by atoms with van der Waals surface area (Å²) in [5.74, 6) is 0. The highest BCUT2D eigenvalue weighted by Gasteiger charge is 2.00. The van der Waals surface area contributed by atoms with E-state index in [4.69, 9.17) is 14.9 Å². The zero-order valence-electron chi connectivity index (χ0n) is 8.49. The van der Waals surface area contributed by atoms with Crippen molar-refractivity contribution in [3.8, 4) is 0 Å². The van der Waals surface area contributed by atoms with Crippen molar-refractivity contribution in [2.24, 2.45) is 0 Å². The van der Waals surface area contributed by atoms with Gasteiger partial charge in [0, 0.05) is 12.6 Å². The van der Waals surface area contributed by atoms with Crippen molar-refractivity contribution in [3.05, 3.63) is 0 Å². The molecule has 0 aliphatic rings. The first-order chi connectivity index (χ1) is 6.16. The summed E-state index contributed by atoms with van der Waals surface area (Å²) in [6.07, 6.45) is 0.189. The van der Waals surface area contributed by atoms with Crippen molar-refractivity contribution < 1.29 is 14.9 Å². The molecule has 4 heteroatoms. The van der Waals surface area contributed by atoms with Crippen molar-refractivity contribution in [1.82, 2.24) is 5.32 Å². The number of nitrogens with one attached hydrogen (secondary N) is 1. The largest absolute Gasteiger partial charge is 0.394 e. The van der Waals surface area contributed by atoms with Gasteiger partial charge in [-0.1, -0.05) is 13.8 Å². The molecular weight excluding hydrogens is 170 g/mol. The summed E-state index contributed by atoms with van der Waals surface area (Å²) < 4.78 is 5.12. The van der Waals surface area contributed by atoms with Gasteiger partial charge in [0.05, 0.1) is 13.2 Å². The minimum absolute atomic E-state index is 0.220. The molecule has 80 valence electrons. The molecule has 3 N–H and O–H groups in total. The highest BCUT2D eigenvalue weighted by molar-refractivity contribution is 4.53. The van der Waals surface area contributed by atoms with Crippen LogP contribution in [0, 0.1) is 0 Å². The molecule has 0 rings (SSSR count). The van der Waals surface area contributed by atoms with E-state index in [0.29, 0.717) is 12.6 Å². The molecule has 0 amide bonds. The fraction of sp³-hybridized carbons (Fsp3) is 1.00. The highest BCUT2D eigenvalue weighted by Crippen LogP contribution is 1.87. The first kappa shape index (κ1) is 12.8. The molecule has 0 fully saturated rings. The van der Waals surface area contributed by atoms with Crippen LogP contribution in [0.5, 0.6) is 0 Å². The second kappa shape index (κ2) is 8.44. The van der Waals surface area contributed by atoms with Crippen LogP contribution in [0.4, 0.5) is 0 Å². The number of hydrogen-bond acceptors (Lipinski definition) is 4. The SMILES string of the molecule is CC(C)NCCCOCC(O)CO. The molecule has 0 saturated heterocycles. The summed E-state index contributed by atoms with van der Waals surface area (Å²) in [5, 5.41) is 20.6. The topological polar surface area (TPSA) is 61.7 Å². The van der Waals surface area contributed by atoms with E-state index in [1.165, 1.54) is 0 Å². The predicted octanol–water partition coefficient (Wildman–Crippen LogP) is -0.256. The molecule has 0 heterocycles. The van der Waals surface area contributed by atoms with Gasteiger partial charge in [0.25, 0.3) is 0 Å². The molecule has 0 bridgehead atoms. The summed E-state index contributed by atoms with van der Waals surface area (Å²) in [7, 11) is 0. The predicted molar refractivity (Wildman–Crippen MR) is 51.7 cm³/mol. The zero-order chi connectivity index (χ0) is 10.1. The molecule has 0 radical (unpaired) electrons. The molecule has 4 nitrogen and oxygen atoms in total. The zero-order valence-corrected chi connectivity index (χ0v) is 8.49. The van der Waals surface area contributed by atoms with Crippen molar-refractivity contribution in [2.75, 3.05) is 26.4 Å². The average Bonchev–Trinajstić information content (AvgIpc) is 2.10. The summed E-state index contributed by atoms with van der Waals surface area (Å²) in [6.45, 7) is 5.72. The van der Waals surface area contributed by atoms with Gasteiger partial charge in [-0.2, -0.15) is 0 Å². The van der Waals surface area contributed by atoms with Crippen LogP contribution in [0.2, 0.25) is 0 Å². The Morgan fingerprint density at radius 3 is 2.62 bits per heavy atom. The Bertz CT molecular complexity index is 109. The van der Waals surface area contributed by atoms with E-state index in [0.717, 1.165) is 13.0 Å². The fourth-order valence-corrected chi connectivity index (χ4v) is 0.837. The smallest absolute Gasteiger partial charge is 0.100 e. The first-order valence-corrected chi connectivity index (χ1v) is 4.77. The van der Waals surface area contributed by atoms with Crippen LogP contribution in [-0.4, -0.2) is 48.7 Å². The molecule has 0 spiro atoms. The number of aliphatic hydroxyl groups excluding tert-OH is 2. The Morgan fingerprint density at radius 2 is 2.08 bits per heavy atom. The summed E-state index contributed by atoms with van der Waals surface area (Å²) in [4.78, 5) is 0. The standard InChI is InChI=1S/C9H21NO3/c1-8(2)10-4-3-5-13-7-9(12)6-11/h8-12H,3-7H2,1-2H3. The number of hydrogen-bond donors (Lipinski definition) is 3. The van der Waals surface area contributed by atoms with Crippen LogP contribution in [0.15, 0.2) is 0 Å². The van der Waals surface area contributed by atoms with Gasteiger partial charge in [0.15, 0.2) is 0 Å². The lowest BCUT2D eigenvalue weighted by Crippen LogP contribution is -2.25. The first-order valence-electron chi connectivity index (χ1n) is 4.77. The summed E-state index contributed by atoms with van der Waals surface area (Å²) >= 11 is 0. The van der Waals surface area contributed by atoms with Crippen LogP contribution < -0.4 is 5.32 Å². The Morgan fingerprint density at radius 1 is 1.38 bits per heavy atom. The van der Waals surface area contributed by atoms with Gasteiger partial charge in [0.2, 0.25) is 0 Å². The van der Waals surface area contributed by atoms with Gasteiger partial charge >= 0.3 is 0 Å². The molecule has 0 aromatic heterocycles. The van der Waals surface area contributed by atoms with Crippen molar-refractivity contribution in [2.45, 2.75) is 32.4 Å². The third kappa shape index (κ3) is 9.76. The molecule has 0 aliphatic heterocycles. The third-order valence-corrected chi connectivity index (χ3v) is 1.54. The van der Waals surface area contributed by atoms with Crippen molar-refractivity contribution >= 4 is 0 Å². The average molecular weight is 191 g/mol. The lowest BCUT2D eigenvalue weighted by atomic mass is 10.3. The van der Waals surface area contributed by atoms with E-state index in [1.807, 2.05) is 0 Å². The number of rotatable bonds is 8. The number of aliphatic hydroxyl groups is 2. The van der Waals surface area contributed by atoms with E-state index in [9.17, 15) is 0 Å². The summed E-state index contributed by atoms with van der Waals surface area (Å²) in [5.41, 5.74) is 0. The molecule has 1 unspecified atom stereocenters. The molecule has 0 aromatic carbocycles. The van der Waals surface area contributed by atoms with Crippen LogP contribution in [0.3, 0.4) is 0 Å². The van der Waals surface area contributed by atoms with E-state index in [1.54, 1.807) is 0 Å². The van der Waals surface area contributed by atoms with Crippen LogP contribution in [0.1, 0.15) is 20.3 Å². The molecule has 0 saturated carbocycles. The van der Waals surface area contributed by atoms with Gasteiger partial charge in [-0.05, 0) is 13.0 Å². The Hall–Kier alpha value is -0.160. The molecular formula is C9H21NO3. The normalized spacial score (nSPS) is 13.6. The Labute approximate surface area is 79.9 Å². The third-order valence-electron chi connectivity index (χ3n) is 1.54. The summed E-state index contributed by atoms with van der Waals surface area (Å²) in [6, 6.07) is 0.503. The van der Waals surface area contributed by atoms with Crippen LogP contribution in [-0.2, 0) is 4.74 Å². The monoisotopic (exact) mass is 191 g/mol. The lowest BCUT2D eigenvalue weighted by Gasteiger charge is -2.09. The maximum atomic E-state index is 8.91. The van der Waals surface area contributed by atoms with Gasteiger partial charge in [-0.3, -0.25) is 0 Å². The second-order valence-electron chi connectivity index (χ2n) is 3.37. The molecule has 0 aliphatic carbocycles. The molecule has 1 atom stereocenters.